The van der Waals surface area contributed by atoms with Gasteiger partial charge in [-0.2, -0.15) is 4.98 Å². The Balaban J connectivity index is 2.06. The minimum Gasteiger partial charge on any atom is -0.476 e. The fourth-order valence-corrected chi connectivity index (χ4v) is 2.59. The number of ether oxygens (including phenoxy) is 3. The van der Waals surface area contributed by atoms with E-state index in [1.165, 1.54) is 6.33 Å². The van der Waals surface area contributed by atoms with Crippen molar-refractivity contribution in [3.05, 3.63) is 12.7 Å². The summed E-state index contributed by atoms with van der Waals surface area (Å²) < 4.78 is 18.1. The maximum Gasteiger partial charge on any atom is 0.245 e. The molecular formula is C13H18N4O4. The van der Waals surface area contributed by atoms with Gasteiger partial charge < -0.3 is 23.9 Å². The molecule has 2 aromatic rings. The van der Waals surface area contributed by atoms with Gasteiger partial charge in [0.2, 0.25) is 5.88 Å². The molecule has 0 amide bonds. The van der Waals surface area contributed by atoms with Crippen LogP contribution in [-0.4, -0.2) is 56.8 Å². The van der Waals surface area contributed by atoms with Crippen molar-refractivity contribution in [1.29, 1.82) is 0 Å². The van der Waals surface area contributed by atoms with E-state index in [0.29, 0.717) is 23.7 Å². The number of fused-ring (bicyclic) bond motifs is 1. The zero-order valence-corrected chi connectivity index (χ0v) is 12.1. The summed E-state index contributed by atoms with van der Waals surface area (Å²) in [6, 6.07) is -0.417. The number of nitrogens with zero attached hydrogens (tertiary/aromatic N) is 4. The molecule has 0 bridgehead atoms. The number of imidazole rings is 1. The minimum atomic E-state index is -0.710. The quantitative estimate of drug-likeness (QED) is 0.878. The van der Waals surface area contributed by atoms with Crippen LogP contribution in [0.3, 0.4) is 0 Å². The van der Waals surface area contributed by atoms with Gasteiger partial charge in [0.15, 0.2) is 17.5 Å². The van der Waals surface area contributed by atoms with Crippen LogP contribution in [0.15, 0.2) is 12.7 Å². The highest BCUT2D eigenvalue weighted by Gasteiger charge is 2.43. The first-order valence-corrected chi connectivity index (χ1v) is 6.84. The van der Waals surface area contributed by atoms with Crippen LogP contribution in [0.4, 0.5) is 0 Å². The molecule has 0 unspecified atom stereocenters. The smallest absolute Gasteiger partial charge is 0.245 e. The van der Waals surface area contributed by atoms with Crippen LogP contribution in [0.1, 0.15) is 19.9 Å². The number of aromatic nitrogens is 4. The molecular weight excluding hydrogens is 276 g/mol. The van der Waals surface area contributed by atoms with E-state index < -0.39 is 18.4 Å². The van der Waals surface area contributed by atoms with E-state index in [1.807, 2.05) is 6.92 Å². The molecule has 2 aromatic heterocycles. The first kappa shape index (κ1) is 14.2. The Bertz CT molecular complexity index is 632. The summed E-state index contributed by atoms with van der Waals surface area (Å²) >= 11 is 0. The van der Waals surface area contributed by atoms with Gasteiger partial charge in [-0.15, -0.1) is 0 Å². The fourth-order valence-electron chi connectivity index (χ4n) is 2.59. The lowest BCUT2D eigenvalue weighted by Crippen LogP contribution is -2.30. The summed E-state index contributed by atoms with van der Waals surface area (Å²) in [5.41, 5.74) is 1.14. The summed E-state index contributed by atoms with van der Waals surface area (Å²) in [4.78, 5) is 12.6. The molecule has 0 radical (unpaired) electrons. The van der Waals surface area contributed by atoms with Gasteiger partial charge in [-0.05, 0) is 13.8 Å². The highest BCUT2D eigenvalue weighted by atomic mass is 16.7. The second kappa shape index (κ2) is 5.55. The Morgan fingerprint density at radius 1 is 1.38 bits per heavy atom. The lowest BCUT2D eigenvalue weighted by Gasteiger charge is -2.20. The molecule has 1 N–H and O–H groups in total. The van der Waals surface area contributed by atoms with E-state index in [4.69, 9.17) is 14.2 Å². The highest BCUT2D eigenvalue weighted by Crippen LogP contribution is 2.34. The number of hydrogen-bond donors (Lipinski definition) is 1. The van der Waals surface area contributed by atoms with Crippen LogP contribution in [-0.2, 0) is 9.47 Å². The van der Waals surface area contributed by atoms with Crippen LogP contribution in [0.5, 0.6) is 5.88 Å². The van der Waals surface area contributed by atoms with Crippen molar-refractivity contribution in [2.45, 2.75) is 38.4 Å². The monoisotopic (exact) mass is 294 g/mol. The van der Waals surface area contributed by atoms with Crippen molar-refractivity contribution in [2.24, 2.45) is 0 Å². The van der Waals surface area contributed by atoms with Crippen molar-refractivity contribution >= 4 is 11.2 Å². The fraction of sp³-hybridized carbons (Fsp3) is 0.615. The molecule has 3 rings (SSSR count). The predicted molar refractivity (Wildman–Crippen MR) is 72.9 cm³/mol. The van der Waals surface area contributed by atoms with E-state index in [2.05, 4.69) is 15.0 Å². The second-order valence-electron chi connectivity index (χ2n) is 4.86. The van der Waals surface area contributed by atoms with E-state index in [1.54, 1.807) is 24.9 Å². The predicted octanol–water partition coefficient (Wildman–Crippen LogP) is 0.518. The zero-order chi connectivity index (χ0) is 15.0. The highest BCUT2D eigenvalue weighted by molar-refractivity contribution is 5.76. The molecule has 8 heteroatoms. The number of hydrogen-bond acceptors (Lipinski definition) is 7. The first-order chi connectivity index (χ1) is 10.2. The van der Waals surface area contributed by atoms with Gasteiger partial charge in [-0.25, -0.2) is 9.97 Å². The Labute approximate surface area is 121 Å². The van der Waals surface area contributed by atoms with E-state index in [0.717, 1.165) is 0 Å². The van der Waals surface area contributed by atoms with Gasteiger partial charge in [0.05, 0.1) is 19.0 Å². The van der Waals surface area contributed by atoms with Gasteiger partial charge in [0.25, 0.3) is 0 Å². The van der Waals surface area contributed by atoms with Gasteiger partial charge in [-0.1, -0.05) is 0 Å². The average Bonchev–Trinajstić information content (AvgIpc) is 3.02. The van der Waals surface area contributed by atoms with E-state index in [-0.39, 0.29) is 6.10 Å². The lowest BCUT2D eigenvalue weighted by molar-refractivity contribution is -0.124. The SMILES string of the molecule is CCOc1ncnc2c1ncn2[C@@H]1[C@@H](OC)O[C@H](C)[C@H]1O. The number of aliphatic hydroxyl groups is 1. The molecule has 1 fully saturated rings. The van der Waals surface area contributed by atoms with Crippen LogP contribution < -0.4 is 4.74 Å². The topological polar surface area (TPSA) is 91.5 Å². The molecule has 3 heterocycles. The van der Waals surface area contributed by atoms with Crippen LogP contribution in [0.25, 0.3) is 11.2 Å². The maximum absolute atomic E-state index is 10.3. The maximum atomic E-state index is 10.3. The van der Waals surface area contributed by atoms with Crippen LogP contribution in [0.2, 0.25) is 0 Å². The summed E-state index contributed by atoms with van der Waals surface area (Å²) in [5.74, 6) is 0.427. The Hall–Kier alpha value is -1.77. The first-order valence-electron chi connectivity index (χ1n) is 6.84. The summed E-state index contributed by atoms with van der Waals surface area (Å²) in [6.45, 7) is 4.17. The van der Waals surface area contributed by atoms with Crippen LogP contribution in [0, 0.1) is 0 Å². The third kappa shape index (κ3) is 2.25. The standard InChI is InChI=1S/C13H18N4O4/c1-4-20-12-8-11(14-5-15-12)17(6-16-8)9-10(18)7(2)21-13(9)19-3/h5-7,9-10,13,18H,4H2,1-3H3/t7-,9+,10-,13+/m1/s1. The molecule has 8 nitrogen and oxygen atoms in total. The van der Waals surface area contributed by atoms with E-state index in [9.17, 15) is 5.11 Å². The molecule has 21 heavy (non-hydrogen) atoms. The Morgan fingerprint density at radius 2 is 2.19 bits per heavy atom. The molecule has 1 saturated heterocycles. The van der Waals surface area contributed by atoms with Crippen molar-refractivity contribution in [2.75, 3.05) is 13.7 Å². The summed E-state index contributed by atoms with van der Waals surface area (Å²) in [7, 11) is 1.54. The third-order valence-corrected chi connectivity index (χ3v) is 3.62. The Morgan fingerprint density at radius 3 is 2.90 bits per heavy atom. The summed E-state index contributed by atoms with van der Waals surface area (Å²) in [6.07, 6.45) is 1.42. The van der Waals surface area contributed by atoms with Gasteiger partial charge in [-0.3, -0.25) is 0 Å². The summed E-state index contributed by atoms with van der Waals surface area (Å²) in [5, 5.41) is 10.3. The molecule has 0 saturated carbocycles. The zero-order valence-electron chi connectivity index (χ0n) is 12.1. The molecule has 0 aliphatic carbocycles. The van der Waals surface area contributed by atoms with Crippen molar-refractivity contribution in [1.82, 2.24) is 19.5 Å². The van der Waals surface area contributed by atoms with Crippen molar-refractivity contribution < 1.29 is 19.3 Å². The van der Waals surface area contributed by atoms with Gasteiger partial charge in [0.1, 0.15) is 18.5 Å². The van der Waals surface area contributed by atoms with E-state index >= 15 is 0 Å². The van der Waals surface area contributed by atoms with Crippen molar-refractivity contribution in [3.63, 3.8) is 0 Å². The Kier molecular flexibility index (Phi) is 3.75. The molecule has 1 aliphatic rings. The molecule has 1 aliphatic heterocycles. The molecule has 114 valence electrons. The number of aliphatic hydroxyl groups excluding tert-OH is 1. The lowest BCUT2D eigenvalue weighted by atomic mass is 10.1. The molecule has 4 atom stereocenters. The third-order valence-electron chi connectivity index (χ3n) is 3.62. The molecule has 0 aromatic carbocycles. The minimum absolute atomic E-state index is 0.328. The number of rotatable bonds is 4. The largest absolute Gasteiger partial charge is 0.476 e. The second-order valence-corrected chi connectivity index (χ2v) is 4.86. The number of methoxy groups -OCH3 is 1. The van der Waals surface area contributed by atoms with Crippen LogP contribution >= 0.6 is 0 Å². The van der Waals surface area contributed by atoms with Gasteiger partial charge in [0, 0.05) is 7.11 Å². The van der Waals surface area contributed by atoms with Gasteiger partial charge >= 0.3 is 0 Å². The molecule has 0 spiro atoms. The van der Waals surface area contributed by atoms with Crippen molar-refractivity contribution in [3.8, 4) is 5.88 Å². The average molecular weight is 294 g/mol. The normalized spacial score (nSPS) is 29.1.